The highest BCUT2D eigenvalue weighted by Gasteiger charge is 1.99. The Kier molecular flexibility index (Phi) is 3.88. The van der Waals surface area contributed by atoms with Crippen molar-refractivity contribution in [3.05, 3.63) is 24.0 Å². The number of amides is 1. The van der Waals surface area contributed by atoms with Crippen LogP contribution in [0.2, 0.25) is 0 Å². The van der Waals surface area contributed by atoms with Gasteiger partial charge in [0.2, 0.25) is 5.91 Å². The monoisotopic (exact) mass is 179 g/mol. The zero-order chi connectivity index (χ0) is 9.52. The van der Waals surface area contributed by atoms with Gasteiger partial charge in [0.05, 0.1) is 12.2 Å². The molecule has 1 aromatic heterocycles. The number of rotatable bonds is 4. The van der Waals surface area contributed by atoms with Crippen LogP contribution < -0.4 is 5.32 Å². The van der Waals surface area contributed by atoms with E-state index in [0.29, 0.717) is 13.0 Å². The van der Waals surface area contributed by atoms with Crippen molar-refractivity contribution in [1.29, 1.82) is 0 Å². The van der Waals surface area contributed by atoms with Gasteiger partial charge in [0, 0.05) is 12.6 Å². The number of carbonyl (C=O) groups excluding carboxylic acids is 1. The van der Waals surface area contributed by atoms with Gasteiger partial charge in [-0.2, -0.15) is 10.2 Å². The summed E-state index contributed by atoms with van der Waals surface area (Å²) >= 11 is 0. The van der Waals surface area contributed by atoms with Crippen LogP contribution in [-0.2, 0) is 11.3 Å². The first kappa shape index (κ1) is 9.64. The van der Waals surface area contributed by atoms with Crippen molar-refractivity contribution in [2.24, 2.45) is 0 Å². The highest BCUT2D eigenvalue weighted by molar-refractivity contribution is 5.75. The number of hydrogen-bond acceptors (Lipinski definition) is 3. The lowest BCUT2D eigenvalue weighted by Crippen LogP contribution is -2.22. The second kappa shape index (κ2) is 5.24. The Balaban J connectivity index is 2.31. The molecule has 0 fully saturated rings. The highest BCUT2D eigenvalue weighted by Crippen LogP contribution is 1.91. The zero-order valence-corrected chi connectivity index (χ0v) is 7.66. The van der Waals surface area contributed by atoms with E-state index in [2.05, 4.69) is 15.5 Å². The van der Waals surface area contributed by atoms with Crippen LogP contribution in [0.1, 0.15) is 25.5 Å². The van der Waals surface area contributed by atoms with Gasteiger partial charge in [-0.25, -0.2) is 0 Å². The average Bonchev–Trinajstić information content (AvgIpc) is 2.17. The topological polar surface area (TPSA) is 54.9 Å². The van der Waals surface area contributed by atoms with Gasteiger partial charge < -0.3 is 5.32 Å². The van der Waals surface area contributed by atoms with Crippen molar-refractivity contribution in [3.63, 3.8) is 0 Å². The molecule has 13 heavy (non-hydrogen) atoms. The van der Waals surface area contributed by atoms with Crippen molar-refractivity contribution in [2.45, 2.75) is 26.3 Å². The molecule has 4 nitrogen and oxygen atoms in total. The molecular weight excluding hydrogens is 166 g/mol. The number of aromatic nitrogens is 2. The summed E-state index contributed by atoms with van der Waals surface area (Å²) in [4.78, 5) is 11.1. The van der Waals surface area contributed by atoms with Crippen molar-refractivity contribution in [2.75, 3.05) is 0 Å². The Morgan fingerprint density at radius 2 is 2.46 bits per heavy atom. The summed E-state index contributed by atoms with van der Waals surface area (Å²) in [6, 6.07) is 3.63. The maximum Gasteiger partial charge on any atom is 0.220 e. The van der Waals surface area contributed by atoms with Gasteiger partial charge in [0.1, 0.15) is 0 Å². The van der Waals surface area contributed by atoms with E-state index >= 15 is 0 Å². The van der Waals surface area contributed by atoms with Crippen LogP contribution in [0.5, 0.6) is 0 Å². The summed E-state index contributed by atoms with van der Waals surface area (Å²) in [5, 5.41) is 10.3. The molecule has 1 N–H and O–H groups in total. The third kappa shape index (κ3) is 3.64. The fourth-order valence-electron chi connectivity index (χ4n) is 0.932. The van der Waals surface area contributed by atoms with Crippen LogP contribution in [0.3, 0.4) is 0 Å². The maximum atomic E-state index is 11.1. The number of nitrogens with zero attached hydrogens (tertiary/aromatic N) is 2. The molecule has 70 valence electrons. The summed E-state index contributed by atoms with van der Waals surface area (Å²) < 4.78 is 0. The molecule has 0 bridgehead atoms. The minimum absolute atomic E-state index is 0.0631. The molecular formula is C9H13N3O. The predicted octanol–water partition coefficient (Wildman–Crippen LogP) is 0.893. The molecule has 0 aliphatic heterocycles. The van der Waals surface area contributed by atoms with Gasteiger partial charge in [-0.05, 0) is 18.6 Å². The lowest BCUT2D eigenvalue weighted by molar-refractivity contribution is -0.121. The molecule has 0 unspecified atom stereocenters. The molecule has 0 radical (unpaired) electrons. The molecule has 0 atom stereocenters. The summed E-state index contributed by atoms with van der Waals surface area (Å²) in [7, 11) is 0. The van der Waals surface area contributed by atoms with Crippen molar-refractivity contribution in [3.8, 4) is 0 Å². The standard InChI is InChI=1S/C9H13N3O/c1-2-4-9(13)10-7-8-5-3-6-11-12-8/h3,5-6H,2,4,7H2,1H3,(H,10,13). The van der Waals surface area contributed by atoms with E-state index in [1.807, 2.05) is 13.0 Å². The van der Waals surface area contributed by atoms with Gasteiger partial charge in [0.25, 0.3) is 0 Å². The van der Waals surface area contributed by atoms with Crippen LogP contribution in [0.25, 0.3) is 0 Å². The number of carbonyl (C=O) groups is 1. The summed E-state index contributed by atoms with van der Waals surface area (Å²) in [6.45, 7) is 2.44. The summed E-state index contributed by atoms with van der Waals surface area (Å²) in [6.07, 6.45) is 3.05. The highest BCUT2D eigenvalue weighted by atomic mass is 16.1. The Morgan fingerprint density at radius 1 is 1.62 bits per heavy atom. The molecule has 1 amide bonds. The third-order valence-corrected chi connectivity index (χ3v) is 1.57. The Hall–Kier alpha value is -1.45. The molecule has 0 aliphatic rings. The van der Waals surface area contributed by atoms with Crippen molar-refractivity contribution in [1.82, 2.24) is 15.5 Å². The Bertz CT molecular complexity index is 261. The van der Waals surface area contributed by atoms with Crippen LogP contribution in [-0.4, -0.2) is 16.1 Å². The summed E-state index contributed by atoms with van der Waals surface area (Å²) in [5.41, 5.74) is 0.784. The fourth-order valence-corrected chi connectivity index (χ4v) is 0.932. The van der Waals surface area contributed by atoms with Gasteiger partial charge in [-0.15, -0.1) is 0 Å². The van der Waals surface area contributed by atoms with E-state index in [9.17, 15) is 4.79 Å². The van der Waals surface area contributed by atoms with Crippen LogP contribution in [0.4, 0.5) is 0 Å². The minimum Gasteiger partial charge on any atom is -0.350 e. The molecule has 0 aromatic carbocycles. The van der Waals surface area contributed by atoms with Crippen LogP contribution in [0, 0.1) is 0 Å². The SMILES string of the molecule is CCCC(=O)NCc1cccnn1. The first-order valence-corrected chi connectivity index (χ1v) is 4.36. The van der Waals surface area contributed by atoms with Crippen molar-refractivity contribution < 1.29 is 4.79 Å². The summed E-state index contributed by atoms with van der Waals surface area (Å²) in [5.74, 6) is 0.0631. The third-order valence-electron chi connectivity index (χ3n) is 1.57. The van der Waals surface area contributed by atoms with Gasteiger partial charge in [0.15, 0.2) is 0 Å². The largest absolute Gasteiger partial charge is 0.350 e. The van der Waals surface area contributed by atoms with E-state index in [4.69, 9.17) is 0 Å². The predicted molar refractivity (Wildman–Crippen MR) is 48.8 cm³/mol. The van der Waals surface area contributed by atoms with E-state index in [1.165, 1.54) is 0 Å². The smallest absolute Gasteiger partial charge is 0.220 e. The molecule has 4 heteroatoms. The molecule has 1 rings (SSSR count). The number of hydrogen-bond donors (Lipinski definition) is 1. The van der Waals surface area contributed by atoms with E-state index in [1.54, 1.807) is 12.3 Å². The molecule has 1 aromatic rings. The average molecular weight is 179 g/mol. The molecule has 0 saturated carbocycles. The molecule has 0 saturated heterocycles. The van der Waals surface area contributed by atoms with E-state index in [0.717, 1.165) is 12.1 Å². The maximum absolute atomic E-state index is 11.1. The van der Waals surface area contributed by atoms with Gasteiger partial charge in [-0.3, -0.25) is 4.79 Å². The van der Waals surface area contributed by atoms with Gasteiger partial charge >= 0.3 is 0 Å². The Labute approximate surface area is 77.4 Å². The second-order valence-electron chi connectivity index (χ2n) is 2.74. The molecule has 0 aliphatic carbocycles. The normalized spacial score (nSPS) is 9.62. The Morgan fingerprint density at radius 3 is 3.08 bits per heavy atom. The van der Waals surface area contributed by atoms with Crippen LogP contribution >= 0.6 is 0 Å². The molecule has 0 spiro atoms. The quantitative estimate of drug-likeness (QED) is 0.746. The lowest BCUT2D eigenvalue weighted by atomic mass is 10.3. The van der Waals surface area contributed by atoms with Crippen molar-refractivity contribution >= 4 is 5.91 Å². The first-order chi connectivity index (χ1) is 6.33. The minimum atomic E-state index is 0.0631. The first-order valence-electron chi connectivity index (χ1n) is 4.36. The van der Waals surface area contributed by atoms with E-state index in [-0.39, 0.29) is 5.91 Å². The lowest BCUT2D eigenvalue weighted by Gasteiger charge is -2.01. The van der Waals surface area contributed by atoms with Gasteiger partial charge in [-0.1, -0.05) is 6.92 Å². The zero-order valence-electron chi connectivity index (χ0n) is 7.66. The molecule has 1 heterocycles. The van der Waals surface area contributed by atoms with E-state index < -0.39 is 0 Å². The second-order valence-corrected chi connectivity index (χ2v) is 2.74. The number of nitrogens with one attached hydrogen (secondary N) is 1. The fraction of sp³-hybridized carbons (Fsp3) is 0.444. The van der Waals surface area contributed by atoms with Crippen LogP contribution in [0.15, 0.2) is 18.3 Å².